The zero-order valence-electron chi connectivity index (χ0n) is 10.8. The molecule has 6 nitrogen and oxygen atoms in total. The molecule has 0 amide bonds. The number of benzene rings is 1. The SMILES string of the molecule is CCOC(=O)[C@@H](CO)NS(=O)(=O)c1ccc(C)cc1. The van der Waals surface area contributed by atoms with Crippen molar-refractivity contribution in [1.29, 1.82) is 0 Å². The number of sulfonamides is 1. The normalized spacial score (nSPS) is 13.0. The van der Waals surface area contributed by atoms with Crippen LogP contribution in [0, 0.1) is 6.92 Å². The molecule has 7 heteroatoms. The minimum Gasteiger partial charge on any atom is -0.465 e. The number of hydrogen-bond donors (Lipinski definition) is 2. The highest BCUT2D eigenvalue weighted by Gasteiger charge is 2.25. The molecule has 0 aliphatic heterocycles. The van der Waals surface area contributed by atoms with Crippen LogP contribution < -0.4 is 4.72 Å². The number of hydrogen-bond acceptors (Lipinski definition) is 5. The van der Waals surface area contributed by atoms with E-state index in [9.17, 15) is 13.2 Å². The second-order valence-electron chi connectivity index (χ2n) is 3.92. The Bertz CT molecular complexity index is 524. The van der Waals surface area contributed by atoms with E-state index in [0.29, 0.717) is 0 Å². The summed E-state index contributed by atoms with van der Waals surface area (Å²) in [6.45, 7) is 2.88. The van der Waals surface area contributed by atoms with Crippen molar-refractivity contribution in [3.8, 4) is 0 Å². The predicted molar refractivity (Wildman–Crippen MR) is 69.0 cm³/mol. The zero-order valence-corrected chi connectivity index (χ0v) is 11.6. The Morgan fingerprint density at radius 3 is 2.42 bits per heavy atom. The maximum absolute atomic E-state index is 12.0. The standard InChI is InChI=1S/C12H17NO5S/c1-3-18-12(15)11(8-14)13-19(16,17)10-6-4-9(2)5-7-10/h4-7,11,13-14H,3,8H2,1-2H3/t11-/m1/s1. The van der Waals surface area contributed by atoms with Gasteiger partial charge in [0, 0.05) is 0 Å². The lowest BCUT2D eigenvalue weighted by molar-refractivity contribution is -0.146. The Morgan fingerprint density at radius 2 is 1.95 bits per heavy atom. The molecule has 0 bridgehead atoms. The van der Waals surface area contributed by atoms with Gasteiger partial charge in [-0.3, -0.25) is 4.79 Å². The molecule has 1 rings (SSSR count). The number of carbonyl (C=O) groups excluding carboxylic acids is 1. The summed E-state index contributed by atoms with van der Waals surface area (Å²) in [4.78, 5) is 11.5. The van der Waals surface area contributed by atoms with E-state index in [1.54, 1.807) is 19.1 Å². The van der Waals surface area contributed by atoms with Crippen LogP contribution in [0.1, 0.15) is 12.5 Å². The molecule has 0 fully saturated rings. The fourth-order valence-corrected chi connectivity index (χ4v) is 2.55. The summed E-state index contributed by atoms with van der Waals surface area (Å²) in [5.41, 5.74) is 0.919. The molecule has 0 radical (unpaired) electrons. The van der Waals surface area contributed by atoms with Gasteiger partial charge in [0.25, 0.3) is 0 Å². The molecule has 0 saturated heterocycles. The lowest BCUT2D eigenvalue weighted by Gasteiger charge is -2.15. The predicted octanol–water partition coefficient (Wildman–Crippen LogP) is 0.197. The summed E-state index contributed by atoms with van der Waals surface area (Å²) in [7, 11) is -3.86. The highest BCUT2D eigenvalue weighted by Crippen LogP contribution is 2.10. The van der Waals surface area contributed by atoms with Crippen molar-refractivity contribution in [1.82, 2.24) is 4.72 Å². The van der Waals surface area contributed by atoms with E-state index in [2.05, 4.69) is 9.46 Å². The van der Waals surface area contributed by atoms with Crippen molar-refractivity contribution in [2.45, 2.75) is 24.8 Å². The minimum absolute atomic E-state index is 0.0286. The number of nitrogens with one attached hydrogen (secondary N) is 1. The maximum atomic E-state index is 12.0. The van der Waals surface area contributed by atoms with Crippen LogP contribution in [0.4, 0.5) is 0 Å². The molecule has 0 aliphatic rings. The van der Waals surface area contributed by atoms with E-state index in [4.69, 9.17) is 5.11 Å². The van der Waals surface area contributed by atoms with Gasteiger partial charge in [-0.05, 0) is 26.0 Å². The van der Waals surface area contributed by atoms with Crippen LogP contribution in [0.15, 0.2) is 29.2 Å². The molecule has 0 saturated carbocycles. The Labute approximate surface area is 112 Å². The Morgan fingerprint density at radius 1 is 1.37 bits per heavy atom. The molecular formula is C12H17NO5S. The van der Waals surface area contributed by atoms with E-state index >= 15 is 0 Å². The molecule has 0 aromatic heterocycles. The number of aliphatic hydroxyl groups excluding tert-OH is 1. The third kappa shape index (κ3) is 4.30. The van der Waals surface area contributed by atoms with E-state index in [1.165, 1.54) is 12.1 Å². The van der Waals surface area contributed by atoms with E-state index in [0.717, 1.165) is 5.56 Å². The van der Waals surface area contributed by atoms with Crippen LogP contribution in [-0.2, 0) is 19.6 Å². The summed E-state index contributed by atoms with van der Waals surface area (Å²) in [5, 5.41) is 9.05. The van der Waals surface area contributed by atoms with Crippen molar-refractivity contribution in [2.24, 2.45) is 0 Å². The number of rotatable bonds is 6. The molecule has 1 aromatic carbocycles. The van der Waals surface area contributed by atoms with Crippen LogP contribution in [0.3, 0.4) is 0 Å². The van der Waals surface area contributed by atoms with Gasteiger partial charge >= 0.3 is 5.97 Å². The number of carbonyl (C=O) groups is 1. The Hall–Kier alpha value is -1.44. The molecule has 1 aromatic rings. The second-order valence-corrected chi connectivity index (χ2v) is 5.64. The van der Waals surface area contributed by atoms with E-state index in [1.807, 2.05) is 6.92 Å². The van der Waals surface area contributed by atoms with Gasteiger partial charge in [0.2, 0.25) is 10.0 Å². The van der Waals surface area contributed by atoms with E-state index < -0.39 is 28.6 Å². The van der Waals surface area contributed by atoms with Crippen LogP contribution in [0.5, 0.6) is 0 Å². The first kappa shape index (κ1) is 15.6. The van der Waals surface area contributed by atoms with Crippen LogP contribution >= 0.6 is 0 Å². The lowest BCUT2D eigenvalue weighted by Crippen LogP contribution is -2.44. The van der Waals surface area contributed by atoms with Crippen molar-refractivity contribution in [3.05, 3.63) is 29.8 Å². The van der Waals surface area contributed by atoms with Crippen molar-refractivity contribution in [2.75, 3.05) is 13.2 Å². The smallest absolute Gasteiger partial charge is 0.326 e. The van der Waals surface area contributed by atoms with Gasteiger partial charge in [-0.2, -0.15) is 4.72 Å². The number of esters is 1. The fourth-order valence-electron chi connectivity index (χ4n) is 1.38. The number of ether oxygens (including phenoxy) is 1. The minimum atomic E-state index is -3.86. The van der Waals surface area contributed by atoms with Crippen molar-refractivity contribution < 1.29 is 23.1 Å². The summed E-state index contributed by atoms with van der Waals surface area (Å²) in [6, 6.07) is 4.85. The van der Waals surface area contributed by atoms with Crippen LogP contribution in [0.2, 0.25) is 0 Å². The number of aryl methyl sites for hydroxylation is 1. The molecule has 106 valence electrons. The fraction of sp³-hybridized carbons (Fsp3) is 0.417. The van der Waals surface area contributed by atoms with Gasteiger partial charge in [-0.15, -0.1) is 0 Å². The number of aliphatic hydroxyl groups is 1. The maximum Gasteiger partial charge on any atom is 0.326 e. The second kappa shape index (κ2) is 6.65. The average molecular weight is 287 g/mol. The Balaban J connectivity index is 2.89. The van der Waals surface area contributed by atoms with Gasteiger partial charge in [0.15, 0.2) is 0 Å². The summed E-state index contributed by atoms with van der Waals surface area (Å²) in [5.74, 6) is -0.805. The highest BCUT2D eigenvalue weighted by atomic mass is 32.2. The average Bonchev–Trinajstić information content (AvgIpc) is 2.36. The topological polar surface area (TPSA) is 92.7 Å². The molecule has 0 unspecified atom stereocenters. The first-order valence-corrected chi connectivity index (χ1v) is 7.25. The third-order valence-corrected chi connectivity index (χ3v) is 3.87. The van der Waals surface area contributed by atoms with Crippen molar-refractivity contribution >= 4 is 16.0 Å². The quantitative estimate of drug-likeness (QED) is 0.729. The monoisotopic (exact) mass is 287 g/mol. The molecular weight excluding hydrogens is 270 g/mol. The molecule has 0 heterocycles. The summed E-state index contributed by atoms with van der Waals surface area (Å²) < 4.78 is 30.8. The first-order chi connectivity index (χ1) is 8.90. The van der Waals surface area contributed by atoms with Crippen molar-refractivity contribution in [3.63, 3.8) is 0 Å². The largest absolute Gasteiger partial charge is 0.465 e. The molecule has 0 spiro atoms. The van der Waals surface area contributed by atoms with Crippen LogP contribution in [-0.4, -0.2) is 38.7 Å². The summed E-state index contributed by atoms with van der Waals surface area (Å²) in [6.07, 6.45) is 0. The van der Waals surface area contributed by atoms with Gasteiger partial charge in [-0.25, -0.2) is 8.42 Å². The van der Waals surface area contributed by atoms with Gasteiger partial charge in [0.05, 0.1) is 18.1 Å². The van der Waals surface area contributed by atoms with Gasteiger partial charge in [-0.1, -0.05) is 17.7 Å². The molecule has 19 heavy (non-hydrogen) atoms. The van der Waals surface area contributed by atoms with Crippen LogP contribution in [0.25, 0.3) is 0 Å². The van der Waals surface area contributed by atoms with Gasteiger partial charge < -0.3 is 9.84 Å². The first-order valence-electron chi connectivity index (χ1n) is 5.77. The zero-order chi connectivity index (χ0) is 14.5. The molecule has 0 aliphatic carbocycles. The Kier molecular flexibility index (Phi) is 5.46. The van der Waals surface area contributed by atoms with E-state index in [-0.39, 0.29) is 11.5 Å². The third-order valence-electron chi connectivity index (χ3n) is 2.38. The molecule has 2 N–H and O–H groups in total. The summed E-state index contributed by atoms with van der Waals surface area (Å²) >= 11 is 0. The molecule has 1 atom stereocenters. The van der Waals surface area contributed by atoms with Gasteiger partial charge in [0.1, 0.15) is 6.04 Å². The highest BCUT2D eigenvalue weighted by molar-refractivity contribution is 7.89. The lowest BCUT2D eigenvalue weighted by atomic mass is 10.2.